The Morgan fingerprint density at radius 3 is 2.64 bits per heavy atom. The number of aliphatic hydroxyl groups is 1. The third-order valence-corrected chi connectivity index (χ3v) is 4.42. The van der Waals surface area contributed by atoms with Crippen LogP contribution < -0.4 is 0 Å². The second kappa shape index (κ2) is 7.19. The maximum atomic E-state index is 13.1. The Balaban J connectivity index is 1.83. The molecule has 0 aliphatic heterocycles. The first kappa shape index (κ1) is 17.4. The molecule has 5 nitrogen and oxygen atoms in total. The molecule has 1 fully saturated rings. The summed E-state index contributed by atoms with van der Waals surface area (Å²) in [6.45, 7) is 4.13. The van der Waals surface area contributed by atoms with Crippen LogP contribution in [-0.2, 0) is 4.79 Å². The second-order valence-electron chi connectivity index (χ2n) is 6.29. The van der Waals surface area contributed by atoms with E-state index in [4.69, 9.17) is 5.11 Å². The first-order valence-electron chi connectivity index (χ1n) is 8.43. The zero-order chi connectivity index (χ0) is 18.0. The summed E-state index contributed by atoms with van der Waals surface area (Å²) in [6.07, 6.45) is 5.31. The molecule has 25 heavy (non-hydrogen) atoms. The fraction of sp³-hybridized carbons (Fsp3) is 0.368. The molecule has 0 radical (unpaired) electrons. The Morgan fingerprint density at radius 2 is 2.04 bits per heavy atom. The molecule has 1 heterocycles. The topological polar surface area (TPSA) is 58.4 Å². The van der Waals surface area contributed by atoms with Crippen LogP contribution in [0.4, 0.5) is 4.39 Å². The van der Waals surface area contributed by atoms with Gasteiger partial charge in [0, 0.05) is 29.9 Å². The average molecular weight is 343 g/mol. The maximum absolute atomic E-state index is 13.1. The van der Waals surface area contributed by atoms with Crippen LogP contribution in [0.5, 0.6) is 0 Å². The lowest BCUT2D eigenvalue weighted by atomic mass is 10.1. The van der Waals surface area contributed by atoms with Crippen molar-refractivity contribution < 1.29 is 14.3 Å². The summed E-state index contributed by atoms with van der Waals surface area (Å²) in [6, 6.07) is 6.39. The van der Waals surface area contributed by atoms with Crippen LogP contribution in [0.25, 0.3) is 11.8 Å². The number of hydrogen-bond acceptors (Lipinski definition) is 3. The quantitative estimate of drug-likeness (QED) is 0.821. The maximum Gasteiger partial charge on any atom is 0.246 e. The highest BCUT2D eigenvalue weighted by atomic mass is 19.1. The molecular formula is C19H22FN3O2. The zero-order valence-electron chi connectivity index (χ0n) is 14.4. The van der Waals surface area contributed by atoms with Crippen molar-refractivity contribution in [2.24, 2.45) is 0 Å². The van der Waals surface area contributed by atoms with E-state index in [1.54, 1.807) is 33.9 Å². The summed E-state index contributed by atoms with van der Waals surface area (Å²) in [5.74, 6) is -0.384. The molecule has 1 amide bonds. The van der Waals surface area contributed by atoms with Gasteiger partial charge in [0.1, 0.15) is 5.82 Å². The van der Waals surface area contributed by atoms with Crippen LogP contribution in [-0.4, -0.2) is 44.9 Å². The van der Waals surface area contributed by atoms with Crippen molar-refractivity contribution in [3.8, 4) is 5.69 Å². The van der Waals surface area contributed by atoms with Crippen LogP contribution in [0.15, 0.2) is 30.3 Å². The molecule has 0 spiro atoms. The lowest BCUT2D eigenvalue weighted by Crippen LogP contribution is -2.34. The van der Waals surface area contributed by atoms with E-state index in [0.717, 1.165) is 35.5 Å². The molecule has 0 saturated heterocycles. The first-order chi connectivity index (χ1) is 12.0. The summed E-state index contributed by atoms with van der Waals surface area (Å²) in [7, 11) is 0. The second-order valence-corrected chi connectivity index (χ2v) is 6.29. The highest BCUT2D eigenvalue weighted by Crippen LogP contribution is 2.27. The van der Waals surface area contributed by atoms with E-state index in [1.165, 1.54) is 12.1 Å². The predicted molar refractivity (Wildman–Crippen MR) is 93.9 cm³/mol. The SMILES string of the molecule is Cc1nn(-c2ccc(F)cc2)c(C)c1/C=C/C(=O)N(CCO)C1CC1. The van der Waals surface area contributed by atoms with E-state index < -0.39 is 0 Å². The number of aryl methyl sites for hydroxylation is 1. The molecule has 0 atom stereocenters. The van der Waals surface area contributed by atoms with Crippen LogP contribution in [0.1, 0.15) is 29.8 Å². The van der Waals surface area contributed by atoms with Crippen LogP contribution in [0, 0.1) is 19.7 Å². The molecule has 1 saturated carbocycles. The molecule has 1 aliphatic rings. The minimum Gasteiger partial charge on any atom is -0.395 e. The van der Waals surface area contributed by atoms with E-state index in [1.807, 2.05) is 13.8 Å². The Bertz CT molecular complexity index is 792. The number of aromatic nitrogens is 2. The number of halogens is 1. The lowest BCUT2D eigenvalue weighted by Gasteiger charge is -2.19. The molecule has 0 bridgehead atoms. The van der Waals surface area contributed by atoms with Crippen molar-refractivity contribution in [1.29, 1.82) is 0 Å². The summed E-state index contributed by atoms with van der Waals surface area (Å²) in [5, 5.41) is 13.6. The van der Waals surface area contributed by atoms with Crippen LogP contribution >= 0.6 is 0 Å². The van der Waals surface area contributed by atoms with Gasteiger partial charge in [-0.1, -0.05) is 0 Å². The van der Waals surface area contributed by atoms with Crippen LogP contribution in [0.3, 0.4) is 0 Å². The highest BCUT2D eigenvalue weighted by Gasteiger charge is 2.31. The van der Waals surface area contributed by atoms with Gasteiger partial charge in [0.15, 0.2) is 0 Å². The van der Waals surface area contributed by atoms with Crippen molar-refractivity contribution in [1.82, 2.24) is 14.7 Å². The van der Waals surface area contributed by atoms with Gasteiger partial charge in [0.2, 0.25) is 5.91 Å². The smallest absolute Gasteiger partial charge is 0.246 e. The third-order valence-electron chi connectivity index (χ3n) is 4.42. The molecule has 132 valence electrons. The summed E-state index contributed by atoms with van der Waals surface area (Å²) >= 11 is 0. The van der Waals surface area contributed by atoms with Crippen molar-refractivity contribution in [2.75, 3.05) is 13.2 Å². The van der Waals surface area contributed by atoms with E-state index in [9.17, 15) is 9.18 Å². The molecule has 3 rings (SSSR count). The van der Waals surface area contributed by atoms with Crippen molar-refractivity contribution in [2.45, 2.75) is 32.7 Å². The Labute approximate surface area is 146 Å². The molecule has 0 unspecified atom stereocenters. The van der Waals surface area contributed by atoms with Gasteiger partial charge < -0.3 is 10.0 Å². The van der Waals surface area contributed by atoms with Gasteiger partial charge in [0.05, 0.1) is 18.0 Å². The number of amides is 1. The van der Waals surface area contributed by atoms with Gasteiger partial charge >= 0.3 is 0 Å². The minimum atomic E-state index is -0.292. The van der Waals surface area contributed by atoms with Gasteiger partial charge in [-0.25, -0.2) is 9.07 Å². The van der Waals surface area contributed by atoms with E-state index in [-0.39, 0.29) is 24.4 Å². The normalized spacial score (nSPS) is 14.2. The fourth-order valence-corrected chi connectivity index (χ4v) is 2.95. The standard InChI is InChI=1S/C19H22FN3O2/c1-13-18(9-10-19(25)22(11-12-24)16-7-8-16)14(2)23(21-13)17-5-3-15(20)4-6-17/h3-6,9-10,16,24H,7-8,11-12H2,1-2H3/b10-9+. The van der Waals surface area contributed by atoms with E-state index in [0.29, 0.717) is 6.54 Å². The number of aliphatic hydroxyl groups excluding tert-OH is 1. The molecular weight excluding hydrogens is 321 g/mol. The first-order valence-corrected chi connectivity index (χ1v) is 8.43. The number of nitrogens with zero attached hydrogens (tertiary/aromatic N) is 3. The molecule has 1 aliphatic carbocycles. The Kier molecular flexibility index (Phi) is 4.99. The number of benzene rings is 1. The van der Waals surface area contributed by atoms with Gasteiger partial charge in [0.25, 0.3) is 0 Å². The van der Waals surface area contributed by atoms with Gasteiger partial charge in [-0.3, -0.25) is 4.79 Å². The Hall–Kier alpha value is -2.47. The van der Waals surface area contributed by atoms with Gasteiger partial charge in [-0.15, -0.1) is 0 Å². The Morgan fingerprint density at radius 1 is 1.36 bits per heavy atom. The monoisotopic (exact) mass is 343 g/mol. The van der Waals surface area contributed by atoms with E-state index in [2.05, 4.69) is 5.10 Å². The summed E-state index contributed by atoms with van der Waals surface area (Å²) < 4.78 is 14.8. The van der Waals surface area contributed by atoms with E-state index >= 15 is 0 Å². The predicted octanol–water partition coefficient (Wildman–Crippen LogP) is 2.62. The minimum absolute atomic E-state index is 0.0311. The third kappa shape index (κ3) is 3.79. The largest absolute Gasteiger partial charge is 0.395 e. The van der Waals surface area contributed by atoms with Gasteiger partial charge in [-0.05, 0) is 57.0 Å². The number of rotatable bonds is 6. The molecule has 6 heteroatoms. The lowest BCUT2D eigenvalue weighted by molar-refractivity contribution is -0.127. The molecule has 1 aromatic heterocycles. The zero-order valence-corrected chi connectivity index (χ0v) is 14.4. The molecule has 2 aromatic rings. The van der Waals surface area contributed by atoms with Crippen molar-refractivity contribution in [3.63, 3.8) is 0 Å². The van der Waals surface area contributed by atoms with Crippen molar-refractivity contribution in [3.05, 3.63) is 53.1 Å². The summed E-state index contributed by atoms with van der Waals surface area (Å²) in [5.41, 5.74) is 3.32. The number of hydrogen-bond donors (Lipinski definition) is 1. The summed E-state index contributed by atoms with van der Waals surface area (Å²) in [4.78, 5) is 14.1. The highest BCUT2D eigenvalue weighted by molar-refractivity contribution is 5.92. The molecule has 1 N–H and O–H groups in total. The fourth-order valence-electron chi connectivity index (χ4n) is 2.95. The van der Waals surface area contributed by atoms with Crippen LogP contribution in [0.2, 0.25) is 0 Å². The number of carbonyl (C=O) groups is 1. The average Bonchev–Trinajstić information content (AvgIpc) is 3.38. The molecule has 1 aromatic carbocycles. The van der Waals surface area contributed by atoms with Crippen molar-refractivity contribution >= 4 is 12.0 Å². The number of carbonyl (C=O) groups excluding carboxylic acids is 1. The van der Waals surface area contributed by atoms with Gasteiger partial charge in [-0.2, -0.15) is 5.10 Å².